The molecule has 5 nitrogen and oxygen atoms in total. The third-order valence-corrected chi connectivity index (χ3v) is 4.66. The van der Waals surface area contributed by atoms with Crippen LogP contribution < -0.4 is 0 Å². The van der Waals surface area contributed by atoms with Crippen molar-refractivity contribution in [2.24, 2.45) is 0 Å². The van der Waals surface area contributed by atoms with Crippen LogP contribution in [0, 0.1) is 0 Å². The van der Waals surface area contributed by atoms with Crippen LogP contribution in [-0.2, 0) is 4.74 Å². The van der Waals surface area contributed by atoms with E-state index in [0.717, 1.165) is 0 Å². The first-order chi connectivity index (χ1) is 11.8. The number of hydrogen-bond acceptors (Lipinski definition) is 5. The van der Waals surface area contributed by atoms with Crippen LogP contribution in [0.25, 0.3) is 10.8 Å². The minimum absolute atomic E-state index is 0.0441. The summed E-state index contributed by atoms with van der Waals surface area (Å²) in [5.74, 6) is -2.03. The highest BCUT2D eigenvalue weighted by Gasteiger charge is 2.36. The molecule has 2 aromatic carbocycles. The molecule has 0 fully saturated rings. The lowest BCUT2D eigenvalue weighted by Gasteiger charge is -2.22. The standard InChI is InChI=1S/C19H15ClO5/c1-4-25-19(24)13-12-7-10(20)5-6-11(12)18(23)15-14(13)16(21)8(2)9(3)17(15)22/h5-7,23H,4H2,1-3H3. The van der Waals surface area contributed by atoms with E-state index in [1.54, 1.807) is 6.92 Å². The fourth-order valence-corrected chi connectivity index (χ4v) is 3.19. The Hall–Kier alpha value is -2.66. The third kappa shape index (κ3) is 2.43. The fraction of sp³-hybridized carbons (Fsp3) is 0.211. The number of aromatic hydroxyl groups is 1. The van der Waals surface area contributed by atoms with E-state index in [1.807, 2.05) is 0 Å². The zero-order valence-corrected chi connectivity index (χ0v) is 14.7. The van der Waals surface area contributed by atoms with Gasteiger partial charge in [-0.3, -0.25) is 9.59 Å². The Kier molecular flexibility index (Phi) is 4.13. The van der Waals surface area contributed by atoms with Gasteiger partial charge in [-0.25, -0.2) is 4.79 Å². The van der Waals surface area contributed by atoms with Crippen molar-refractivity contribution in [2.45, 2.75) is 20.8 Å². The molecule has 0 heterocycles. The van der Waals surface area contributed by atoms with Gasteiger partial charge in [0.05, 0.1) is 23.3 Å². The molecule has 0 radical (unpaired) electrons. The van der Waals surface area contributed by atoms with Crippen molar-refractivity contribution >= 4 is 39.9 Å². The summed E-state index contributed by atoms with van der Waals surface area (Å²) >= 11 is 6.03. The second-order valence-corrected chi connectivity index (χ2v) is 6.23. The second kappa shape index (κ2) is 6.01. The number of carbonyl (C=O) groups is 3. The van der Waals surface area contributed by atoms with Crippen LogP contribution >= 0.6 is 11.6 Å². The Labute approximate surface area is 148 Å². The Balaban J connectivity index is 2.54. The Morgan fingerprint density at radius 3 is 2.28 bits per heavy atom. The molecule has 1 aliphatic rings. The molecule has 0 saturated carbocycles. The highest BCUT2D eigenvalue weighted by atomic mass is 35.5. The Morgan fingerprint density at radius 2 is 1.68 bits per heavy atom. The summed E-state index contributed by atoms with van der Waals surface area (Å²) in [4.78, 5) is 38.1. The number of phenolic OH excluding ortho intramolecular Hbond substituents is 1. The van der Waals surface area contributed by atoms with E-state index in [-0.39, 0.29) is 51.0 Å². The van der Waals surface area contributed by atoms with E-state index < -0.39 is 17.5 Å². The molecule has 0 bridgehead atoms. The first-order valence-corrected chi connectivity index (χ1v) is 8.09. The molecular formula is C19H15ClO5. The molecule has 0 atom stereocenters. The number of allylic oxidation sites excluding steroid dienone is 2. The topological polar surface area (TPSA) is 80.7 Å². The molecule has 2 aromatic rings. The molecular weight excluding hydrogens is 344 g/mol. The van der Waals surface area contributed by atoms with Crippen molar-refractivity contribution < 1.29 is 24.2 Å². The van der Waals surface area contributed by atoms with Gasteiger partial charge in [0, 0.05) is 26.9 Å². The molecule has 1 aliphatic carbocycles. The van der Waals surface area contributed by atoms with Crippen LogP contribution in [0.2, 0.25) is 5.02 Å². The summed E-state index contributed by atoms with van der Waals surface area (Å²) in [6.45, 7) is 4.79. The van der Waals surface area contributed by atoms with E-state index in [0.29, 0.717) is 5.02 Å². The predicted octanol–water partition coefficient (Wildman–Crippen LogP) is 4.09. The zero-order valence-electron chi connectivity index (χ0n) is 13.9. The Morgan fingerprint density at radius 1 is 1.08 bits per heavy atom. The highest BCUT2D eigenvalue weighted by molar-refractivity contribution is 6.34. The van der Waals surface area contributed by atoms with Gasteiger partial charge in [0.15, 0.2) is 11.6 Å². The molecule has 128 valence electrons. The number of Topliss-reactive ketones (excluding diaryl/α,β-unsaturated/α-hetero) is 2. The second-order valence-electron chi connectivity index (χ2n) is 5.79. The van der Waals surface area contributed by atoms with Gasteiger partial charge in [-0.2, -0.15) is 0 Å². The van der Waals surface area contributed by atoms with Gasteiger partial charge in [0.1, 0.15) is 5.75 Å². The maximum atomic E-state index is 12.8. The molecule has 6 heteroatoms. The molecule has 0 aliphatic heterocycles. The summed E-state index contributed by atoms with van der Waals surface area (Å²) in [5, 5.41) is 11.5. The maximum absolute atomic E-state index is 12.8. The van der Waals surface area contributed by atoms with E-state index in [1.165, 1.54) is 32.0 Å². The van der Waals surface area contributed by atoms with Gasteiger partial charge in [-0.05, 0) is 39.0 Å². The average molecular weight is 359 g/mol. The van der Waals surface area contributed by atoms with Crippen molar-refractivity contribution in [1.82, 2.24) is 0 Å². The zero-order chi connectivity index (χ0) is 18.5. The average Bonchev–Trinajstić information content (AvgIpc) is 2.57. The molecule has 0 amide bonds. The molecule has 0 spiro atoms. The van der Waals surface area contributed by atoms with Gasteiger partial charge < -0.3 is 9.84 Å². The largest absolute Gasteiger partial charge is 0.507 e. The summed E-state index contributed by atoms with van der Waals surface area (Å²) < 4.78 is 5.08. The van der Waals surface area contributed by atoms with Crippen molar-refractivity contribution in [1.29, 1.82) is 0 Å². The maximum Gasteiger partial charge on any atom is 0.339 e. The van der Waals surface area contributed by atoms with Crippen LogP contribution in [0.15, 0.2) is 29.3 Å². The number of fused-ring (bicyclic) bond motifs is 2. The minimum atomic E-state index is -0.737. The number of esters is 1. The fourth-order valence-electron chi connectivity index (χ4n) is 3.02. The highest BCUT2D eigenvalue weighted by Crippen LogP contribution is 2.41. The molecule has 0 unspecified atom stereocenters. The monoisotopic (exact) mass is 358 g/mol. The van der Waals surface area contributed by atoms with Crippen molar-refractivity contribution in [3.63, 3.8) is 0 Å². The summed E-state index contributed by atoms with van der Waals surface area (Å²) in [6, 6.07) is 4.52. The third-order valence-electron chi connectivity index (χ3n) is 4.42. The first kappa shape index (κ1) is 17.2. The van der Waals surface area contributed by atoms with E-state index >= 15 is 0 Å². The number of hydrogen-bond donors (Lipinski definition) is 1. The molecule has 0 aromatic heterocycles. The van der Waals surface area contributed by atoms with Gasteiger partial charge in [0.25, 0.3) is 0 Å². The number of benzene rings is 2. The smallest absolute Gasteiger partial charge is 0.339 e. The van der Waals surface area contributed by atoms with Crippen molar-refractivity contribution in [3.8, 4) is 5.75 Å². The van der Waals surface area contributed by atoms with Gasteiger partial charge >= 0.3 is 5.97 Å². The van der Waals surface area contributed by atoms with Crippen molar-refractivity contribution in [2.75, 3.05) is 6.61 Å². The first-order valence-electron chi connectivity index (χ1n) is 7.71. The summed E-state index contributed by atoms with van der Waals surface area (Å²) in [6.07, 6.45) is 0. The normalized spacial score (nSPS) is 14.1. The van der Waals surface area contributed by atoms with E-state index in [4.69, 9.17) is 16.3 Å². The number of phenols is 1. The quantitative estimate of drug-likeness (QED) is 0.818. The van der Waals surface area contributed by atoms with Gasteiger partial charge in [-0.1, -0.05) is 11.6 Å². The molecule has 0 saturated heterocycles. The minimum Gasteiger partial charge on any atom is -0.507 e. The van der Waals surface area contributed by atoms with Crippen LogP contribution in [0.3, 0.4) is 0 Å². The van der Waals surface area contributed by atoms with Gasteiger partial charge in [0.2, 0.25) is 0 Å². The lowest BCUT2D eigenvalue weighted by Crippen LogP contribution is -2.24. The summed E-state index contributed by atoms with van der Waals surface area (Å²) in [7, 11) is 0. The van der Waals surface area contributed by atoms with Crippen LogP contribution in [0.1, 0.15) is 51.8 Å². The van der Waals surface area contributed by atoms with Crippen LogP contribution in [0.5, 0.6) is 5.75 Å². The predicted molar refractivity (Wildman–Crippen MR) is 93.6 cm³/mol. The molecule has 25 heavy (non-hydrogen) atoms. The van der Waals surface area contributed by atoms with E-state index in [9.17, 15) is 19.5 Å². The molecule has 3 rings (SSSR count). The van der Waals surface area contributed by atoms with E-state index in [2.05, 4.69) is 0 Å². The lowest BCUT2D eigenvalue weighted by atomic mass is 9.80. The SMILES string of the molecule is CCOC(=O)c1c2c(c(O)c3ccc(Cl)cc13)C(=O)C(C)=C(C)C2=O. The number of rotatable bonds is 2. The number of ketones is 2. The summed E-state index contributed by atoms with van der Waals surface area (Å²) in [5.41, 5.74) is 0.155. The lowest BCUT2D eigenvalue weighted by molar-refractivity contribution is 0.0526. The van der Waals surface area contributed by atoms with Crippen LogP contribution in [-0.4, -0.2) is 29.2 Å². The van der Waals surface area contributed by atoms with Crippen molar-refractivity contribution in [3.05, 3.63) is 51.1 Å². The number of ether oxygens (including phenoxy) is 1. The Bertz CT molecular complexity index is 1000. The number of carbonyl (C=O) groups excluding carboxylic acids is 3. The molecule has 1 N–H and O–H groups in total. The number of halogens is 1. The van der Waals surface area contributed by atoms with Crippen LogP contribution in [0.4, 0.5) is 0 Å². The van der Waals surface area contributed by atoms with Gasteiger partial charge in [-0.15, -0.1) is 0 Å².